The number of methoxy groups -OCH3 is 1. The predicted molar refractivity (Wildman–Crippen MR) is 92.9 cm³/mol. The van der Waals surface area contributed by atoms with Crippen LogP contribution < -0.4 is 4.74 Å². The Morgan fingerprint density at radius 2 is 2.00 bits per heavy atom. The monoisotopic (exact) mass is 326 g/mol. The first-order valence-electron chi connectivity index (χ1n) is 9.32. The molecule has 3 nitrogen and oxygen atoms in total. The average Bonchev–Trinajstić information content (AvgIpc) is 3.21. The molecule has 1 aromatic carbocycles. The van der Waals surface area contributed by atoms with E-state index in [0.29, 0.717) is 11.8 Å². The summed E-state index contributed by atoms with van der Waals surface area (Å²) in [5.74, 6) is 1.98. The molecule has 5 rings (SSSR count). The van der Waals surface area contributed by atoms with Gasteiger partial charge in [-0.05, 0) is 66.4 Å². The highest BCUT2D eigenvalue weighted by molar-refractivity contribution is 5.74. The van der Waals surface area contributed by atoms with E-state index in [4.69, 9.17) is 14.2 Å². The van der Waals surface area contributed by atoms with E-state index in [2.05, 4.69) is 31.2 Å². The lowest BCUT2D eigenvalue weighted by Gasteiger charge is -2.49. The summed E-state index contributed by atoms with van der Waals surface area (Å²) in [4.78, 5) is 0. The van der Waals surface area contributed by atoms with Gasteiger partial charge in [-0.2, -0.15) is 0 Å². The summed E-state index contributed by atoms with van der Waals surface area (Å²) in [6.45, 7) is 3.92. The second-order valence-corrected chi connectivity index (χ2v) is 8.04. The van der Waals surface area contributed by atoms with Gasteiger partial charge in [0.15, 0.2) is 5.79 Å². The highest BCUT2D eigenvalue weighted by atomic mass is 16.7. The van der Waals surface area contributed by atoms with Crippen molar-refractivity contribution in [3.63, 3.8) is 0 Å². The Morgan fingerprint density at radius 1 is 1.17 bits per heavy atom. The van der Waals surface area contributed by atoms with Crippen molar-refractivity contribution in [1.29, 1.82) is 0 Å². The van der Waals surface area contributed by atoms with Crippen molar-refractivity contribution in [2.24, 2.45) is 17.3 Å². The molecule has 0 bridgehead atoms. The maximum Gasteiger partial charge on any atom is 0.174 e. The van der Waals surface area contributed by atoms with E-state index in [0.717, 1.165) is 38.2 Å². The van der Waals surface area contributed by atoms with Gasteiger partial charge in [-0.15, -0.1) is 0 Å². The van der Waals surface area contributed by atoms with Gasteiger partial charge in [0.1, 0.15) is 5.75 Å². The highest BCUT2D eigenvalue weighted by Gasteiger charge is 2.63. The lowest BCUT2D eigenvalue weighted by Crippen LogP contribution is -2.49. The number of ether oxygens (including phenoxy) is 3. The summed E-state index contributed by atoms with van der Waals surface area (Å²) in [6, 6.07) is 6.59. The molecule has 1 saturated heterocycles. The molecular weight excluding hydrogens is 300 g/mol. The Bertz CT molecular complexity index is 701. The SMILES string of the molecule is COc1ccc2c(c1)CCC1C2=CCC2(C)[C@H]1CCC21OCCO1. The molecule has 3 heteroatoms. The van der Waals surface area contributed by atoms with E-state index < -0.39 is 0 Å². The van der Waals surface area contributed by atoms with Crippen LogP contribution in [-0.4, -0.2) is 26.1 Å². The smallest absolute Gasteiger partial charge is 0.174 e. The fourth-order valence-corrected chi connectivity index (χ4v) is 5.97. The molecule has 0 radical (unpaired) electrons. The van der Waals surface area contributed by atoms with Gasteiger partial charge in [0.2, 0.25) is 0 Å². The zero-order valence-corrected chi connectivity index (χ0v) is 14.6. The van der Waals surface area contributed by atoms with Crippen LogP contribution in [0.2, 0.25) is 0 Å². The van der Waals surface area contributed by atoms with E-state index >= 15 is 0 Å². The molecule has 2 fully saturated rings. The molecule has 1 heterocycles. The number of fused-ring (bicyclic) bond motifs is 6. The Kier molecular flexibility index (Phi) is 3.18. The number of allylic oxidation sites excluding steroid dienone is 2. The summed E-state index contributed by atoms with van der Waals surface area (Å²) in [5.41, 5.74) is 4.59. The van der Waals surface area contributed by atoms with Crippen molar-refractivity contribution in [2.75, 3.05) is 20.3 Å². The maximum atomic E-state index is 6.19. The van der Waals surface area contributed by atoms with Gasteiger partial charge in [-0.1, -0.05) is 19.1 Å². The first-order chi connectivity index (χ1) is 11.7. The number of hydrogen-bond acceptors (Lipinski definition) is 3. The molecule has 128 valence electrons. The summed E-state index contributed by atoms with van der Waals surface area (Å²) < 4.78 is 17.8. The number of benzene rings is 1. The average molecular weight is 326 g/mol. The number of rotatable bonds is 1. The van der Waals surface area contributed by atoms with Crippen molar-refractivity contribution >= 4 is 5.57 Å². The van der Waals surface area contributed by atoms with Crippen molar-refractivity contribution < 1.29 is 14.2 Å². The number of aryl methyl sites for hydroxylation is 1. The minimum Gasteiger partial charge on any atom is -0.497 e. The van der Waals surface area contributed by atoms with Crippen LogP contribution in [-0.2, 0) is 15.9 Å². The molecule has 3 aliphatic carbocycles. The minimum absolute atomic E-state index is 0.127. The van der Waals surface area contributed by atoms with Crippen LogP contribution in [0.3, 0.4) is 0 Å². The van der Waals surface area contributed by atoms with Crippen molar-refractivity contribution in [3.05, 3.63) is 35.4 Å². The molecule has 3 atom stereocenters. The van der Waals surface area contributed by atoms with Crippen molar-refractivity contribution in [3.8, 4) is 5.75 Å². The normalized spacial score (nSPS) is 36.0. The van der Waals surface area contributed by atoms with Crippen molar-refractivity contribution in [1.82, 2.24) is 0 Å². The van der Waals surface area contributed by atoms with Crippen LogP contribution >= 0.6 is 0 Å². The Labute approximate surface area is 144 Å². The Hall–Kier alpha value is -1.32. The standard InChI is InChI=1S/C21H26O3/c1-20-9-7-17-16-6-4-15(22-2)13-14(16)3-5-18(17)19(20)8-10-21(20)23-11-12-24-21/h4,6-7,13,18-19H,3,5,8-12H2,1-2H3/t18?,19-,20?/m0/s1. The molecule has 0 N–H and O–H groups in total. The van der Waals surface area contributed by atoms with Crippen LogP contribution in [0.25, 0.3) is 5.57 Å². The predicted octanol–water partition coefficient (Wildman–Crippen LogP) is 4.20. The summed E-state index contributed by atoms with van der Waals surface area (Å²) in [5, 5.41) is 0. The fourth-order valence-electron chi connectivity index (χ4n) is 5.97. The second-order valence-electron chi connectivity index (χ2n) is 8.04. The van der Waals surface area contributed by atoms with Crippen LogP contribution in [0.4, 0.5) is 0 Å². The molecule has 1 aromatic rings. The largest absolute Gasteiger partial charge is 0.497 e. The third-order valence-corrected chi connectivity index (χ3v) is 7.21. The van der Waals surface area contributed by atoms with E-state index in [9.17, 15) is 0 Å². The van der Waals surface area contributed by atoms with E-state index in [1.165, 1.54) is 24.0 Å². The molecule has 0 amide bonds. The van der Waals surface area contributed by atoms with Crippen LogP contribution in [0.15, 0.2) is 24.3 Å². The van der Waals surface area contributed by atoms with Crippen LogP contribution in [0.5, 0.6) is 5.75 Å². The highest BCUT2D eigenvalue weighted by Crippen LogP contribution is 2.64. The molecular formula is C21H26O3. The third-order valence-electron chi connectivity index (χ3n) is 7.21. The number of hydrogen-bond donors (Lipinski definition) is 0. The third kappa shape index (κ3) is 1.80. The first kappa shape index (κ1) is 15.0. The molecule has 1 saturated carbocycles. The lowest BCUT2D eigenvalue weighted by molar-refractivity contribution is -0.226. The molecule has 1 aliphatic heterocycles. The Balaban J connectivity index is 1.55. The van der Waals surface area contributed by atoms with Crippen LogP contribution in [0.1, 0.15) is 43.7 Å². The minimum atomic E-state index is -0.320. The van der Waals surface area contributed by atoms with E-state index in [-0.39, 0.29) is 11.2 Å². The first-order valence-corrected chi connectivity index (χ1v) is 9.32. The quantitative estimate of drug-likeness (QED) is 0.774. The van der Waals surface area contributed by atoms with Crippen molar-refractivity contribution in [2.45, 2.75) is 44.8 Å². The Morgan fingerprint density at radius 3 is 2.79 bits per heavy atom. The van der Waals surface area contributed by atoms with Gasteiger partial charge in [0.25, 0.3) is 0 Å². The zero-order valence-electron chi connectivity index (χ0n) is 14.6. The van der Waals surface area contributed by atoms with Gasteiger partial charge in [-0.25, -0.2) is 0 Å². The molecule has 2 unspecified atom stereocenters. The van der Waals surface area contributed by atoms with Gasteiger partial charge >= 0.3 is 0 Å². The van der Waals surface area contributed by atoms with Gasteiger partial charge in [0, 0.05) is 11.8 Å². The van der Waals surface area contributed by atoms with Gasteiger partial charge < -0.3 is 14.2 Å². The molecule has 0 aromatic heterocycles. The van der Waals surface area contributed by atoms with Crippen LogP contribution in [0, 0.1) is 17.3 Å². The summed E-state index contributed by atoms with van der Waals surface area (Å²) in [7, 11) is 1.75. The fraction of sp³-hybridized carbons (Fsp3) is 0.619. The van der Waals surface area contributed by atoms with Gasteiger partial charge in [-0.3, -0.25) is 0 Å². The van der Waals surface area contributed by atoms with E-state index in [1.54, 1.807) is 12.7 Å². The second kappa shape index (κ2) is 5.09. The van der Waals surface area contributed by atoms with Gasteiger partial charge in [0.05, 0.1) is 20.3 Å². The lowest BCUT2D eigenvalue weighted by atomic mass is 9.59. The maximum absolute atomic E-state index is 6.19. The molecule has 24 heavy (non-hydrogen) atoms. The van der Waals surface area contributed by atoms with E-state index in [1.807, 2.05) is 0 Å². The zero-order chi connectivity index (χ0) is 16.4. The topological polar surface area (TPSA) is 27.7 Å². The molecule has 4 aliphatic rings. The molecule has 1 spiro atoms. The summed E-state index contributed by atoms with van der Waals surface area (Å²) >= 11 is 0. The summed E-state index contributed by atoms with van der Waals surface area (Å²) in [6.07, 6.45) is 8.22.